The van der Waals surface area contributed by atoms with Crippen LogP contribution in [0.2, 0.25) is 0 Å². The Labute approximate surface area is 198 Å². The number of β-amino-alcohol motifs (C(OH)–C–C–N with tert-alkyl or cyclic N) is 1. The van der Waals surface area contributed by atoms with Gasteiger partial charge in [0.05, 0.1) is 37.6 Å². The topological polar surface area (TPSA) is 107 Å². The predicted octanol–water partition coefficient (Wildman–Crippen LogP) is 1.52. The second kappa shape index (κ2) is 9.25. The van der Waals surface area contributed by atoms with Gasteiger partial charge in [-0.05, 0) is 36.8 Å². The molecule has 180 valence electrons. The number of methoxy groups -OCH3 is 1. The van der Waals surface area contributed by atoms with Gasteiger partial charge in [0.25, 0.3) is 11.8 Å². The highest BCUT2D eigenvalue weighted by Crippen LogP contribution is 2.36. The highest BCUT2D eigenvalue weighted by molar-refractivity contribution is 6.35. The summed E-state index contributed by atoms with van der Waals surface area (Å²) in [5.74, 6) is 0.401. The van der Waals surface area contributed by atoms with Gasteiger partial charge in [0.2, 0.25) is 0 Å². The highest BCUT2D eigenvalue weighted by atomic mass is 16.5. The maximum atomic E-state index is 13.3. The number of carbonyl (C=O) groups excluding carboxylic acids is 2. The minimum atomic E-state index is -0.613. The first-order valence-corrected chi connectivity index (χ1v) is 11.6. The Morgan fingerprint density at radius 2 is 2.00 bits per heavy atom. The number of H-pyrrole nitrogens is 1. The molecule has 0 saturated carbocycles. The van der Waals surface area contributed by atoms with Crippen LogP contribution in [-0.4, -0.2) is 90.9 Å². The van der Waals surface area contributed by atoms with Crippen molar-refractivity contribution in [2.45, 2.75) is 19.4 Å². The SMILES string of the molecule is COc1ccc2c(c1)C(=Cc1[nH]c3c(c1C)C(=O)N(C[C@@H](O)CN1CCOCC1)CC3)C(=O)N2. The highest BCUT2D eigenvalue weighted by Gasteiger charge is 2.32. The summed E-state index contributed by atoms with van der Waals surface area (Å²) in [5.41, 5.74) is 5.11. The zero-order chi connectivity index (χ0) is 23.8. The second-order valence-corrected chi connectivity index (χ2v) is 9.01. The molecule has 3 aliphatic rings. The first-order chi connectivity index (χ1) is 16.4. The molecule has 1 atom stereocenters. The van der Waals surface area contributed by atoms with Crippen LogP contribution in [0.15, 0.2) is 18.2 Å². The molecule has 2 amide bonds. The number of hydrogen-bond donors (Lipinski definition) is 3. The average molecular weight is 467 g/mol. The fraction of sp³-hybridized carbons (Fsp3) is 0.440. The van der Waals surface area contributed by atoms with Gasteiger partial charge in [0.15, 0.2) is 0 Å². The van der Waals surface area contributed by atoms with Crippen molar-refractivity contribution in [2.24, 2.45) is 0 Å². The average Bonchev–Trinajstić information content (AvgIpc) is 3.32. The Hall–Kier alpha value is -3.14. The van der Waals surface area contributed by atoms with Gasteiger partial charge in [0.1, 0.15) is 5.75 Å². The molecule has 1 aromatic heterocycles. The van der Waals surface area contributed by atoms with Crippen molar-refractivity contribution in [3.8, 4) is 5.75 Å². The molecule has 9 nitrogen and oxygen atoms in total. The maximum Gasteiger partial charge on any atom is 0.256 e. The van der Waals surface area contributed by atoms with Gasteiger partial charge in [-0.1, -0.05) is 0 Å². The lowest BCUT2D eigenvalue weighted by molar-refractivity contribution is -0.110. The summed E-state index contributed by atoms with van der Waals surface area (Å²) in [7, 11) is 1.59. The van der Waals surface area contributed by atoms with Crippen molar-refractivity contribution < 1.29 is 24.2 Å². The fourth-order valence-electron chi connectivity index (χ4n) is 4.96. The summed E-state index contributed by atoms with van der Waals surface area (Å²) in [6.07, 6.45) is 1.86. The molecule has 4 heterocycles. The summed E-state index contributed by atoms with van der Waals surface area (Å²) < 4.78 is 10.7. The molecule has 0 spiro atoms. The summed E-state index contributed by atoms with van der Waals surface area (Å²) in [5, 5.41) is 13.5. The summed E-state index contributed by atoms with van der Waals surface area (Å²) in [4.78, 5) is 33.2. The third-order valence-corrected chi connectivity index (χ3v) is 6.80. The predicted molar refractivity (Wildman–Crippen MR) is 128 cm³/mol. The van der Waals surface area contributed by atoms with E-state index in [2.05, 4.69) is 15.2 Å². The van der Waals surface area contributed by atoms with E-state index in [1.165, 1.54) is 0 Å². The van der Waals surface area contributed by atoms with E-state index in [0.717, 1.165) is 41.3 Å². The number of aromatic nitrogens is 1. The Balaban J connectivity index is 1.36. The summed E-state index contributed by atoms with van der Waals surface area (Å²) >= 11 is 0. The number of aromatic amines is 1. The van der Waals surface area contributed by atoms with Crippen molar-refractivity contribution in [3.63, 3.8) is 0 Å². The molecule has 1 fully saturated rings. The summed E-state index contributed by atoms with van der Waals surface area (Å²) in [6, 6.07) is 5.46. The van der Waals surface area contributed by atoms with Crippen molar-refractivity contribution >= 4 is 29.2 Å². The second-order valence-electron chi connectivity index (χ2n) is 9.01. The van der Waals surface area contributed by atoms with E-state index in [9.17, 15) is 14.7 Å². The minimum Gasteiger partial charge on any atom is -0.497 e. The minimum absolute atomic E-state index is 0.0846. The number of aliphatic hydroxyl groups excluding tert-OH is 1. The van der Waals surface area contributed by atoms with Crippen LogP contribution in [0.25, 0.3) is 11.6 Å². The third kappa shape index (κ3) is 4.22. The number of rotatable bonds is 6. The number of carbonyl (C=O) groups is 2. The van der Waals surface area contributed by atoms with Crippen LogP contribution in [-0.2, 0) is 16.0 Å². The van der Waals surface area contributed by atoms with Crippen molar-refractivity contribution in [1.29, 1.82) is 0 Å². The molecule has 34 heavy (non-hydrogen) atoms. The Bertz CT molecular complexity index is 1150. The van der Waals surface area contributed by atoms with Crippen molar-refractivity contribution in [3.05, 3.63) is 46.3 Å². The molecule has 0 radical (unpaired) electrons. The van der Waals surface area contributed by atoms with Crippen LogP contribution in [0.4, 0.5) is 5.69 Å². The normalized spacial score (nSPS) is 20.3. The fourth-order valence-corrected chi connectivity index (χ4v) is 4.96. The van der Waals surface area contributed by atoms with E-state index >= 15 is 0 Å². The lowest BCUT2D eigenvalue weighted by atomic mass is 10.0. The molecular formula is C25H30N4O5. The molecule has 0 aliphatic carbocycles. The monoisotopic (exact) mass is 466 g/mol. The lowest BCUT2D eigenvalue weighted by Gasteiger charge is -2.32. The largest absolute Gasteiger partial charge is 0.497 e. The molecule has 1 aromatic carbocycles. The van der Waals surface area contributed by atoms with Gasteiger partial charge in [-0.15, -0.1) is 0 Å². The van der Waals surface area contributed by atoms with Crippen LogP contribution in [0.1, 0.15) is 32.9 Å². The number of amides is 2. The number of nitrogens with one attached hydrogen (secondary N) is 2. The van der Waals surface area contributed by atoms with Crippen LogP contribution >= 0.6 is 0 Å². The number of fused-ring (bicyclic) bond motifs is 2. The number of aliphatic hydroxyl groups is 1. The smallest absolute Gasteiger partial charge is 0.256 e. The van der Waals surface area contributed by atoms with Gasteiger partial charge in [-0.25, -0.2) is 0 Å². The summed E-state index contributed by atoms with van der Waals surface area (Å²) in [6.45, 7) is 6.21. The Morgan fingerprint density at radius 3 is 2.76 bits per heavy atom. The lowest BCUT2D eigenvalue weighted by Crippen LogP contribution is -2.47. The van der Waals surface area contributed by atoms with Crippen LogP contribution < -0.4 is 10.1 Å². The zero-order valence-electron chi connectivity index (χ0n) is 19.5. The number of benzene rings is 1. The van der Waals surface area contributed by atoms with E-state index in [4.69, 9.17) is 9.47 Å². The quantitative estimate of drug-likeness (QED) is 0.558. The molecule has 0 bridgehead atoms. The molecule has 0 unspecified atom stereocenters. The third-order valence-electron chi connectivity index (χ3n) is 6.80. The first kappa shape index (κ1) is 22.6. The van der Waals surface area contributed by atoms with E-state index in [0.29, 0.717) is 56.2 Å². The molecular weight excluding hydrogens is 436 g/mol. The molecule has 2 aromatic rings. The van der Waals surface area contributed by atoms with Gasteiger partial charge in [-0.2, -0.15) is 0 Å². The van der Waals surface area contributed by atoms with Crippen LogP contribution in [0.3, 0.4) is 0 Å². The van der Waals surface area contributed by atoms with Gasteiger partial charge < -0.3 is 29.8 Å². The van der Waals surface area contributed by atoms with Crippen molar-refractivity contribution in [1.82, 2.24) is 14.8 Å². The number of ether oxygens (including phenoxy) is 2. The van der Waals surface area contributed by atoms with Gasteiger partial charge >= 0.3 is 0 Å². The van der Waals surface area contributed by atoms with Gasteiger partial charge in [-0.3, -0.25) is 14.5 Å². The standard InChI is InChI=1S/C25H30N4O5/c1-15-22(12-19-18-11-17(33-2)3-4-20(18)27-24(19)31)26-21-5-6-29(25(32)23(15)21)14-16(30)13-28-7-9-34-10-8-28/h3-4,11-12,16,26,30H,5-10,13-14H2,1-2H3,(H,27,31)/t16-/m0/s1. The van der Waals surface area contributed by atoms with E-state index in [-0.39, 0.29) is 11.8 Å². The first-order valence-electron chi connectivity index (χ1n) is 11.6. The van der Waals surface area contributed by atoms with Gasteiger partial charge in [0, 0.05) is 61.8 Å². The Morgan fingerprint density at radius 1 is 1.21 bits per heavy atom. The van der Waals surface area contributed by atoms with E-state index < -0.39 is 6.10 Å². The molecule has 3 N–H and O–H groups in total. The van der Waals surface area contributed by atoms with E-state index in [1.54, 1.807) is 24.2 Å². The molecule has 9 heteroatoms. The molecule has 3 aliphatic heterocycles. The van der Waals surface area contributed by atoms with Crippen LogP contribution in [0, 0.1) is 6.92 Å². The number of nitrogens with zero attached hydrogens (tertiary/aromatic N) is 2. The van der Waals surface area contributed by atoms with Crippen molar-refractivity contribution in [2.75, 3.05) is 58.4 Å². The van der Waals surface area contributed by atoms with E-state index in [1.807, 2.05) is 19.1 Å². The Kier molecular flexibility index (Phi) is 6.16. The zero-order valence-corrected chi connectivity index (χ0v) is 19.5. The van der Waals surface area contributed by atoms with Crippen LogP contribution in [0.5, 0.6) is 5.75 Å². The molecule has 1 saturated heterocycles. The maximum absolute atomic E-state index is 13.3. The number of anilines is 1. The molecule has 5 rings (SSSR count). The number of hydrogen-bond acceptors (Lipinski definition) is 6. The number of morpholine rings is 1.